The number of nitrogens with one attached hydrogen (secondary N) is 1. The number of halogens is 5. The minimum Gasteiger partial charge on any atom is -0.381 e. The maximum atomic E-state index is 12.7. The molecule has 0 aliphatic carbocycles. The molecule has 1 nitrogen and oxygen atoms in total. The smallest absolute Gasteiger partial charge is 0.381 e. The van der Waals surface area contributed by atoms with Gasteiger partial charge < -0.3 is 5.32 Å². The van der Waals surface area contributed by atoms with Gasteiger partial charge in [-0.3, -0.25) is 0 Å². The van der Waals surface area contributed by atoms with Crippen LogP contribution in [0.3, 0.4) is 0 Å². The fraction of sp³-hybridized carbons (Fsp3) is 0.143. The predicted molar refractivity (Wildman–Crippen MR) is 70.2 cm³/mol. The number of hydrogen-bond acceptors (Lipinski definition) is 1. The summed E-state index contributed by atoms with van der Waals surface area (Å²) >= 11 is 5.67. The molecule has 2 aromatic carbocycles. The molecule has 0 bridgehead atoms. The SMILES string of the molecule is Fc1ccc(CNc2cc(Cl)cc(C(F)(F)F)c2)cc1. The van der Waals surface area contributed by atoms with Gasteiger partial charge in [0.1, 0.15) is 5.82 Å². The summed E-state index contributed by atoms with van der Waals surface area (Å²) in [6.45, 7) is 0.276. The molecule has 6 heteroatoms. The second-order valence-electron chi connectivity index (χ2n) is 4.21. The molecule has 0 aliphatic rings. The van der Waals surface area contributed by atoms with Crippen LogP contribution < -0.4 is 5.32 Å². The minimum absolute atomic E-state index is 0.00133. The predicted octanol–water partition coefficient (Wildman–Crippen LogP) is 5.11. The van der Waals surface area contributed by atoms with E-state index in [9.17, 15) is 17.6 Å². The zero-order valence-corrected chi connectivity index (χ0v) is 10.9. The highest BCUT2D eigenvalue weighted by molar-refractivity contribution is 6.30. The molecule has 0 aliphatic heterocycles. The molecule has 20 heavy (non-hydrogen) atoms. The van der Waals surface area contributed by atoms with Crippen LogP contribution in [0.4, 0.5) is 23.2 Å². The van der Waals surface area contributed by atoms with Crippen LogP contribution in [0.25, 0.3) is 0 Å². The first kappa shape index (κ1) is 14.7. The molecule has 1 N–H and O–H groups in total. The molecule has 0 aromatic heterocycles. The molecule has 0 radical (unpaired) electrons. The number of rotatable bonds is 3. The highest BCUT2D eigenvalue weighted by Crippen LogP contribution is 2.33. The number of anilines is 1. The highest BCUT2D eigenvalue weighted by Gasteiger charge is 2.31. The maximum Gasteiger partial charge on any atom is 0.416 e. The lowest BCUT2D eigenvalue weighted by molar-refractivity contribution is -0.137. The van der Waals surface area contributed by atoms with Crippen molar-refractivity contribution < 1.29 is 17.6 Å². The van der Waals surface area contributed by atoms with E-state index in [1.807, 2.05) is 0 Å². The van der Waals surface area contributed by atoms with Crippen LogP contribution in [0.15, 0.2) is 42.5 Å². The van der Waals surface area contributed by atoms with Crippen LogP contribution in [0, 0.1) is 5.82 Å². The molecule has 0 spiro atoms. The maximum absolute atomic E-state index is 12.7. The van der Waals surface area contributed by atoms with E-state index in [2.05, 4.69) is 5.32 Å². The van der Waals surface area contributed by atoms with Crippen LogP contribution in [0.2, 0.25) is 5.02 Å². The van der Waals surface area contributed by atoms with E-state index in [0.717, 1.165) is 17.7 Å². The van der Waals surface area contributed by atoms with Crippen molar-refractivity contribution >= 4 is 17.3 Å². The van der Waals surface area contributed by atoms with Gasteiger partial charge in [-0.15, -0.1) is 0 Å². The molecule has 0 heterocycles. The van der Waals surface area contributed by atoms with Crippen LogP contribution in [0.5, 0.6) is 0 Å². The van der Waals surface area contributed by atoms with E-state index >= 15 is 0 Å². The fourth-order valence-corrected chi connectivity index (χ4v) is 1.90. The second-order valence-corrected chi connectivity index (χ2v) is 4.64. The average molecular weight is 304 g/mol. The summed E-state index contributed by atoms with van der Waals surface area (Å²) in [6, 6.07) is 8.93. The van der Waals surface area contributed by atoms with Gasteiger partial charge in [0, 0.05) is 17.3 Å². The first-order valence-corrected chi connectivity index (χ1v) is 6.08. The van der Waals surface area contributed by atoms with Crippen LogP contribution in [-0.4, -0.2) is 0 Å². The Balaban J connectivity index is 2.13. The molecule has 106 valence electrons. The van der Waals surface area contributed by atoms with E-state index in [0.29, 0.717) is 0 Å². The van der Waals surface area contributed by atoms with Gasteiger partial charge in [0.2, 0.25) is 0 Å². The molecule has 0 saturated carbocycles. The lowest BCUT2D eigenvalue weighted by atomic mass is 10.1. The third-order valence-electron chi connectivity index (χ3n) is 2.64. The van der Waals surface area contributed by atoms with E-state index in [1.165, 1.54) is 18.2 Å². The van der Waals surface area contributed by atoms with Crippen molar-refractivity contribution in [1.82, 2.24) is 0 Å². The molecule has 0 fully saturated rings. The van der Waals surface area contributed by atoms with Crippen molar-refractivity contribution in [2.45, 2.75) is 12.7 Å². The number of benzene rings is 2. The summed E-state index contributed by atoms with van der Waals surface area (Å²) in [5.74, 6) is -0.365. The van der Waals surface area contributed by atoms with Crippen molar-refractivity contribution in [3.05, 3.63) is 64.4 Å². The summed E-state index contributed by atoms with van der Waals surface area (Å²) in [4.78, 5) is 0. The zero-order valence-electron chi connectivity index (χ0n) is 10.1. The fourth-order valence-electron chi connectivity index (χ4n) is 1.66. The topological polar surface area (TPSA) is 12.0 Å². The Bertz CT molecular complexity index is 593. The van der Waals surface area contributed by atoms with Crippen molar-refractivity contribution in [1.29, 1.82) is 0 Å². The monoisotopic (exact) mass is 303 g/mol. The molecule has 2 aromatic rings. The molecular formula is C14H10ClF4N. The summed E-state index contributed by atoms with van der Waals surface area (Å²) in [5, 5.41) is 2.83. The zero-order chi connectivity index (χ0) is 14.8. The quantitative estimate of drug-likeness (QED) is 0.777. The lowest BCUT2D eigenvalue weighted by Crippen LogP contribution is -2.06. The van der Waals surface area contributed by atoms with Gasteiger partial charge in [-0.1, -0.05) is 23.7 Å². The number of hydrogen-bond donors (Lipinski definition) is 1. The largest absolute Gasteiger partial charge is 0.416 e. The molecule has 0 unspecified atom stereocenters. The standard InChI is InChI=1S/C14H10ClF4N/c15-11-5-10(14(17,18)19)6-13(7-11)20-8-9-1-3-12(16)4-2-9/h1-7,20H,8H2. The Morgan fingerprint density at radius 1 is 1.00 bits per heavy atom. The Morgan fingerprint density at radius 3 is 2.25 bits per heavy atom. The average Bonchev–Trinajstić information content (AvgIpc) is 2.36. The first-order valence-electron chi connectivity index (χ1n) is 5.71. The third kappa shape index (κ3) is 3.87. The van der Waals surface area contributed by atoms with E-state index < -0.39 is 11.7 Å². The summed E-state index contributed by atoms with van der Waals surface area (Å²) in [6.07, 6.45) is -4.45. The van der Waals surface area contributed by atoms with Crippen molar-refractivity contribution in [3.63, 3.8) is 0 Å². The van der Waals surface area contributed by atoms with Gasteiger partial charge in [-0.2, -0.15) is 13.2 Å². The van der Waals surface area contributed by atoms with E-state index in [1.54, 1.807) is 12.1 Å². The van der Waals surface area contributed by atoms with Crippen LogP contribution in [0.1, 0.15) is 11.1 Å². The number of alkyl halides is 3. The van der Waals surface area contributed by atoms with Gasteiger partial charge >= 0.3 is 6.18 Å². The molecule has 0 amide bonds. The van der Waals surface area contributed by atoms with Gasteiger partial charge in [-0.25, -0.2) is 4.39 Å². The van der Waals surface area contributed by atoms with Gasteiger partial charge in [0.05, 0.1) is 5.56 Å². The Morgan fingerprint density at radius 2 is 1.65 bits per heavy atom. The summed E-state index contributed by atoms with van der Waals surface area (Å²) in [5.41, 5.74) is 0.195. The van der Waals surface area contributed by atoms with Crippen molar-refractivity contribution in [2.75, 3.05) is 5.32 Å². The van der Waals surface area contributed by atoms with E-state index in [4.69, 9.17) is 11.6 Å². The van der Waals surface area contributed by atoms with Crippen molar-refractivity contribution in [3.8, 4) is 0 Å². The summed E-state index contributed by atoms with van der Waals surface area (Å²) < 4.78 is 50.6. The van der Waals surface area contributed by atoms with Crippen molar-refractivity contribution in [2.24, 2.45) is 0 Å². The second kappa shape index (κ2) is 5.71. The Kier molecular flexibility index (Phi) is 4.18. The molecule has 0 saturated heterocycles. The van der Waals surface area contributed by atoms with Crippen LogP contribution in [-0.2, 0) is 12.7 Å². The van der Waals surface area contributed by atoms with Gasteiger partial charge in [0.25, 0.3) is 0 Å². The van der Waals surface area contributed by atoms with E-state index in [-0.39, 0.29) is 23.1 Å². The third-order valence-corrected chi connectivity index (χ3v) is 2.85. The summed E-state index contributed by atoms with van der Waals surface area (Å²) in [7, 11) is 0. The molecular weight excluding hydrogens is 294 g/mol. The normalized spacial score (nSPS) is 11.4. The highest BCUT2D eigenvalue weighted by atomic mass is 35.5. The van der Waals surface area contributed by atoms with Crippen LogP contribution >= 0.6 is 11.6 Å². The molecule has 2 rings (SSSR count). The Labute approximate surface area is 118 Å². The van der Waals surface area contributed by atoms with Gasteiger partial charge in [-0.05, 0) is 35.9 Å². The van der Waals surface area contributed by atoms with Gasteiger partial charge in [0.15, 0.2) is 0 Å². The Hall–Kier alpha value is -1.75. The minimum atomic E-state index is -4.45. The molecule has 0 atom stereocenters. The first-order chi connectivity index (χ1) is 9.34. The lowest BCUT2D eigenvalue weighted by Gasteiger charge is -2.11.